The minimum Gasteiger partial charge on any atom is -0.478 e. The normalized spacial score (nSPS) is 22.9. The highest BCUT2D eigenvalue weighted by Gasteiger charge is 2.56. The van der Waals surface area contributed by atoms with Crippen molar-refractivity contribution in [1.29, 1.82) is 0 Å². The number of benzene rings is 1. The first-order valence-corrected chi connectivity index (χ1v) is 14.6. The molecular weight excluding hydrogens is 598 g/mol. The molecule has 2 aromatic rings. The summed E-state index contributed by atoms with van der Waals surface area (Å²) in [5.74, 6) is -0.410. The average Bonchev–Trinajstić information content (AvgIpc) is 3.48. The maximum atomic E-state index is 12.6. The molecule has 240 valence electrons. The SMILES string of the molecule is C#CCCCCCCc1cn([C@]2(C(=O)O)C[C@H](O)[C@@H](NC(=O)CO)[C@H]([C@H](O)[C@H](O)CNC(=O)Cc3ccc(Cl)cc3)O2)nn1. The summed E-state index contributed by atoms with van der Waals surface area (Å²) in [6.45, 7) is -1.44. The summed E-state index contributed by atoms with van der Waals surface area (Å²) in [5, 5.41) is 65.7. The standard InChI is InChI=1S/C29H38ClN5O9/c1-2-3-4-5-6-7-8-20-16-35(34-33-20)29(28(42)43)14-21(37)25(32-24(40)17-36)27(44-29)26(41)22(38)15-31-23(39)13-18-9-11-19(30)12-10-18/h1,9-12,16,21-22,25-27,36-38,41H,3-8,13-15,17H2,(H,31,39)(H,32,40)(H,42,43)/t21-,22+,25+,26+,27+,29+/m0/s1. The number of aliphatic hydroxyl groups is 4. The smallest absolute Gasteiger partial charge is 0.359 e. The van der Waals surface area contributed by atoms with Crippen molar-refractivity contribution in [1.82, 2.24) is 25.6 Å². The molecule has 1 aliphatic heterocycles. The number of hydrogen-bond donors (Lipinski definition) is 7. The van der Waals surface area contributed by atoms with Gasteiger partial charge in [0.1, 0.15) is 18.8 Å². The topological polar surface area (TPSA) is 216 Å². The van der Waals surface area contributed by atoms with Crippen LogP contribution in [0.5, 0.6) is 0 Å². The van der Waals surface area contributed by atoms with E-state index in [9.17, 15) is 39.9 Å². The molecule has 0 bridgehead atoms. The Morgan fingerprint density at radius 3 is 2.52 bits per heavy atom. The second-order valence-electron chi connectivity index (χ2n) is 10.6. The zero-order valence-corrected chi connectivity index (χ0v) is 24.8. The van der Waals surface area contributed by atoms with Gasteiger partial charge in [0.2, 0.25) is 11.8 Å². The van der Waals surface area contributed by atoms with Crippen molar-refractivity contribution in [3.63, 3.8) is 0 Å². The van der Waals surface area contributed by atoms with Gasteiger partial charge in [0.25, 0.3) is 5.72 Å². The van der Waals surface area contributed by atoms with Crippen molar-refractivity contribution < 1.29 is 44.7 Å². The molecule has 0 unspecified atom stereocenters. The Labute approximate surface area is 259 Å². The third kappa shape index (κ3) is 9.21. The molecule has 2 amide bonds. The van der Waals surface area contributed by atoms with Gasteiger partial charge >= 0.3 is 5.97 Å². The maximum absolute atomic E-state index is 12.6. The Kier molecular flexibility index (Phi) is 13.1. The van der Waals surface area contributed by atoms with Crippen LogP contribution in [-0.2, 0) is 37.7 Å². The number of amides is 2. The number of aliphatic hydroxyl groups excluding tert-OH is 4. The van der Waals surface area contributed by atoms with E-state index >= 15 is 0 Å². The minimum atomic E-state index is -2.37. The van der Waals surface area contributed by atoms with Gasteiger partial charge in [0.15, 0.2) is 0 Å². The summed E-state index contributed by atoms with van der Waals surface area (Å²) in [5.41, 5.74) is -1.26. The van der Waals surface area contributed by atoms with Crippen molar-refractivity contribution in [3.8, 4) is 12.3 Å². The number of hydrogen-bond acceptors (Lipinski definition) is 10. The van der Waals surface area contributed by atoms with Gasteiger partial charge in [0.05, 0.1) is 36.6 Å². The van der Waals surface area contributed by atoms with Gasteiger partial charge in [-0.2, -0.15) is 0 Å². The fraction of sp³-hybridized carbons (Fsp3) is 0.552. The van der Waals surface area contributed by atoms with Gasteiger partial charge in [-0.05, 0) is 37.0 Å². The third-order valence-electron chi connectivity index (χ3n) is 7.32. The number of nitrogens with one attached hydrogen (secondary N) is 2. The van der Waals surface area contributed by atoms with E-state index in [0.29, 0.717) is 29.1 Å². The molecule has 0 aliphatic carbocycles. The lowest BCUT2D eigenvalue weighted by Gasteiger charge is -2.46. The Balaban J connectivity index is 1.76. The number of unbranched alkanes of at least 4 members (excludes halogenated alkanes) is 4. The molecule has 1 saturated heterocycles. The van der Waals surface area contributed by atoms with Crippen molar-refractivity contribution in [2.24, 2.45) is 0 Å². The van der Waals surface area contributed by atoms with Crippen molar-refractivity contribution in [3.05, 3.63) is 46.7 Å². The molecule has 44 heavy (non-hydrogen) atoms. The molecule has 15 heteroatoms. The lowest BCUT2D eigenvalue weighted by molar-refractivity contribution is -0.257. The summed E-state index contributed by atoms with van der Waals surface area (Å²) < 4.78 is 6.81. The van der Waals surface area contributed by atoms with Crippen LogP contribution in [0.15, 0.2) is 30.5 Å². The molecule has 14 nitrogen and oxygen atoms in total. The van der Waals surface area contributed by atoms with E-state index in [-0.39, 0.29) is 6.42 Å². The quantitative estimate of drug-likeness (QED) is 0.0921. The zero-order valence-electron chi connectivity index (χ0n) is 24.0. The molecule has 0 saturated carbocycles. The number of ether oxygens (including phenoxy) is 1. The zero-order chi connectivity index (χ0) is 32.3. The van der Waals surface area contributed by atoms with Crippen LogP contribution in [0.1, 0.15) is 49.8 Å². The van der Waals surface area contributed by atoms with E-state index in [1.807, 2.05) is 0 Å². The van der Waals surface area contributed by atoms with Crippen LogP contribution in [0.25, 0.3) is 0 Å². The highest BCUT2D eigenvalue weighted by molar-refractivity contribution is 6.30. The van der Waals surface area contributed by atoms with Crippen LogP contribution in [0, 0.1) is 12.3 Å². The molecule has 7 N–H and O–H groups in total. The second-order valence-corrected chi connectivity index (χ2v) is 11.1. The number of aliphatic carboxylic acids is 1. The number of carbonyl (C=O) groups excluding carboxylic acids is 2. The van der Waals surface area contributed by atoms with Gasteiger partial charge in [-0.15, -0.1) is 17.4 Å². The summed E-state index contributed by atoms with van der Waals surface area (Å²) in [6, 6.07) is 5.10. The average molecular weight is 636 g/mol. The number of nitrogens with zero attached hydrogens (tertiary/aromatic N) is 3. The van der Waals surface area contributed by atoms with Crippen LogP contribution in [-0.4, -0.2) is 102 Å². The largest absolute Gasteiger partial charge is 0.478 e. The van der Waals surface area contributed by atoms with Crippen molar-refractivity contribution in [2.75, 3.05) is 13.2 Å². The summed E-state index contributed by atoms with van der Waals surface area (Å²) >= 11 is 5.86. The Hall–Kier alpha value is -3.58. The lowest BCUT2D eigenvalue weighted by Crippen LogP contribution is -2.68. The number of halogens is 1. The van der Waals surface area contributed by atoms with E-state index in [4.69, 9.17) is 22.8 Å². The summed E-state index contributed by atoms with van der Waals surface area (Å²) in [4.78, 5) is 37.1. The van der Waals surface area contributed by atoms with E-state index in [0.717, 1.165) is 30.4 Å². The molecule has 2 heterocycles. The molecule has 3 rings (SSSR count). The summed E-state index contributed by atoms with van der Waals surface area (Å²) in [7, 11) is 0. The number of carbonyl (C=O) groups is 3. The minimum absolute atomic E-state index is 0.0462. The fourth-order valence-electron chi connectivity index (χ4n) is 4.94. The van der Waals surface area contributed by atoms with Crippen molar-refractivity contribution >= 4 is 29.4 Å². The predicted molar refractivity (Wildman–Crippen MR) is 156 cm³/mol. The Morgan fingerprint density at radius 1 is 1.16 bits per heavy atom. The molecule has 0 radical (unpaired) electrons. The summed E-state index contributed by atoms with van der Waals surface area (Å²) in [6.07, 6.45) is 3.59. The van der Waals surface area contributed by atoms with E-state index in [1.165, 1.54) is 6.20 Å². The molecule has 1 fully saturated rings. The van der Waals surface area contributed by atoms with Crippen LogP contribution in [0.3, 0.4) is 0 Å². The monoisotopic (exact) mass is 635 g/mol. The number of terminal acetylenes is 1. The van der Waals surface area contributed by atoms with E-state index < -0.39 is 73.5 Å². The van der Waals surface area contributed by atoms with E-state index in [1.54, 1.807) is 24.3 Å². The van der Waals surface area contributed by atoms with Crippen LogP contribution in [0.4, 0.5) is 0 Å². The molecular formula is C29H38ClN5O9. The molecule has 1 aromatic heterocycles. The number of rotatable bonds is 16. The first kappa shape index (κ1) is 34.9. The number of aryl methyl sites for hydroxylation is 1. The first-order valence-electron chi connectivity index (χ1n) is 14.2. The number of carboxylic acids is 1. The van der Waals surface area contributed by atoms with Gasteiger partial charge in [-0.25, -0.2) is 9.48 Å². The predicted octanol–water partition coefficient (Wildman–Crippen LogP) is -0.497. The number of carboxylic acid groups (broad SMARTS) is 1. The first-order chi connectivity index (χ1) is 21.0. The van der Waals surface area contributed by atoms with Gasteiger partial charge in [-0.1, -0.05) is 41.8 Å². The van der Waals surface area contributed by atoms with Gasteiger partial charge < -0.3 is 40.9 Å². The fourth-order valence-corrected chi connectivity index (χ4v) is 5.06. The van der Waals surface area contributed by atoms with Crippen LogP contribution >= 0.6 is 11.6 Å². The molecule has 6 atom stereocenters. The van der Waals surface area contributed by atoms with Gasteiger partial charge in [0, 0.05) is 24.4 Å². The number of aromatic nitrogens is 3. The van der Waals surface area contributed by atoms with Crippen LogP contribution < -0.4 is 10.6 Å². The van der Waals surface area contributed by atoms with E-state index in [2.05, 4.69) is 26.9 Å². The highest BCUT2D eigenvalue weighted by atomic mass is 35.5. The molecule has 0 spiro atoms. The Morgan fingerprint density at radius 2 is 1.86 bits per heavy atom. The molecule has 1 aromatic carbocycles. The third-order valence-corrected chi connectivity index (χ3v) is 7.57. The van der Waals surface area contributed by atoms with Gasteiger partial charge in [-0.3, -0.25) is 9.59 Å². The lowest BCUT2D eigenvalue weighted by atomic mass is 9.87. The van der Waals surface area contributed by atoms with Crippen LogP contribution in [0.2, 0.25) is 5.02 Å². The Bertz CT molecular complexity index is 1300. The molecule has 1 aliphatic rings. The second kappa shape index (κ2) is 16.5. The highest BCUT2D eigenvalue weighted by Crippen LogP contribution is 2.36. The van der Waals surface area contributed by atoms with Crippen molar-refractivity contribution in [2.45, 2.75) is 87.5 Å². The maximum Gasteiger partial charge on any atom is 0.359 e.